The van der Waals surface area contributed by atoms with E-state index in [2.05, 4.69) is 46.3 Å². The Morgan fingerprint density at radius 3 is 2.25 bits per heavy atom. The van der Waals surface area contributed by atoms with Gasteiger partial charge in [-0.3, -0.25) is 19.1 Å². The predicted molar refractivity (Wildman–Crippen MR) is 145 cm³/mol. The second kappa shape index (κ2) is 11.1. The van der Waals surface area contributed by atoms with Crippen molar-refractivity contribution in [2.24, 2.45) is 0 Å². The van der Waals surface area contributed by atoms with E-state index in [9.17, 15) is 9.59 Å². The standard InChI is InChI=1S/C29H30N4O2S/c1-22-11-13-24(14-12-22)20-33-26-10-6-5-9-25(26)30-28(29(33)35)36-21-27(34)32-17-15-31(16-18-32)19-23-7-3-2-4-8-23/h2-14H,15-21H2,1H3. The molecule has 6 nitrogen and oxygen atoms in total. The normalized spacial score (nSPS) is 14.3. The van der Waals surface area contributed by atoms with E-state index < -0.39 is 0 Å². The van der Waals surface area contributed by atoms with E-state index >= 15 is 0 Å². The molecule has 4 aromatic rings. The minimum atomic E-state index is -0.153. The zero-order chi connectivity index (χ0) is 24.9. The summed E-state index contributed by atoms with van der Waals surface area (Å²) in [7, 11) is 0. The van der Waals surface area contributed by atoms with Crippen LogP contribution in [-0.4, -0.2) is 57.2 Å². The molecule has 0 radical (unpaired) electrons. The summed E-state index contributed by atoms with van der Waals surface area (Å²) in [6, 6.07) is 26.3. The van der Waals surface area contributed by atoms with Crippen molar-refractivity contribution in [3.63, 3.8) is 0 Å². The van der Waals surface area contributed by atoms with Crippen molar-refractivity contribution in [3.05, 3.63) is 106 Å². The van der Waals surface area contributed by atoms with E-state index in [0.717, 1.165) is 36.2 Å². The van der Waals surface area contributed by atoms with Gasteiger partial charge in [-0.15, -0.1) is 0 Å². The fourth-order valence-electron chi connectivity index (χ4n) is 4.51. The van der Waals surface area contributed by atoms with E-state index in [0.29, 0.717) is 24.7 Å². The number of para-hydroxylation sites is 2. The summed E-state index contributed by atoms with van der Waals surface area (Å²) in [6.07, 6.45) is 0. The number of carbonyl (C=O) groups is 1. The van der Waals surface area contributed by atoms with Crippen LogP contribution in [0.25, 0.3) is 11.0 Å². The largest absolute Gasteiger partial charge is 0.339 e. The molecule has 1 aromatic heterocycles. The molecule has 36 heavy (non-hydrogen) atoms. The molecule has 0 aliphatic carbocycles. The Morgan fingerprint density at radius 2 is 1.50 bits per heavy atom. The predicted octanol–water partition coefficient (Wildman–Crippen LogP) is 4.19. The van der Waals surface area contributed by atoms with Crippen LogP contribution in [0.15, 0.2) is 88.7 Å². The summed E-state index contributed by atoms with van der Waals surface area (Å²) in [5.74, 6) is 0.267. The van der Waals surface area contributed by atoms with Gasteiger partial charge in [0.25, 0.3) is 5.56 Å². The van der Waals surface area contributed by atoms with Gasteiger partial charge in [0.15, 0.2) is 5.03 Å². The Hall–Kier alpha value is -3.42. The van der Waals surface area contributed by atoms with Crippen LogP contribution < -0.4 is 5.56 Å². The van der Waals surface area contributed by atoms with Gasteiger partial charge < -0.3 is 4.90 Å². The van der Waals surface area contributed by atoms with Gasteiger partial charge in [-0.05, 0) is 30.2 Å². The van der Waals surface area contributed by atoms with Crippen LogP contribution in [0.4, 0.5) is 0 Å². The number of hydrogen-bond donors (Lipinski definition) is 0. The maximum absolute atomic E-state index is 13.4. The van der Waals surface area contributed by atoms with Crippen molar-refractivity contribution < 1.29 is 4.79 Å². The van der Waals surface area contributed by atoms with Crippen molar-refractivity contribution in [2.45, 2.75) is 25.0 Å². The molecule has 1 fully saturated rings. The monoisotopic (exact) mass is 498 g/mol. The lowest BCUT2D eigenvalue weighted by molar-refractivity contribution is -0.130. The first-order valence-corrected chi connectivity index (χ1v) is 13.3. The lowest BCUT2D eigenvalue weighted by atomic mass is 10.1. The van der Waals surface area contributed by atoms with Gasteiger partial charge in [-0.1, -0.05) is 84.1 Å². The van der Waals surface area contributed by atoms with Crippen LogP contribution in [0.1, 0.15) is 16.7 Å². The molecule has 184 valence electrons. The highest BCUT2D eigenvalue weighted by Gasteiger charge is 2.22. The van der Waals surface area contributed by atoms with Crippen molar-refractivity contribution in [1.29, 1.82) is 0 Å². The Bertz CT molecular complexity index is 1390. The van der Waals surface area contributed by atoms with E-state index in [-0.39, 0.29) is 17.2 Å². The SMILES string of the molecule is Cc1ccc(Cn2c(=O)c(SCC(=O)N3CCN(Cc4ccccc4)CC3)nc3ccccc32)cc1. The third-order valence-electron chi connectivity index (χ3n) is 6.59. The second-order valence-corrected chi connectivity index (χ2v) is 10.2. The summed E-state index contributed by atoms with van der Waals surface area (Å²) >= 11 is 1.24. The van der Waals surface area contributed by atoms with Crippen LogP contribution in [0.3, 0.4) is 0 Å². The molecule has 1 amide bonds. The van der Waals surface area contributed by atoms with E-state index in [4.69, 9.17) is 0 Å². The van der Waals surface area contributed by atoms with Crippen molar-refractivity contribution in [2.75, 3.05) is 31.9 Å². The molecule has 0 saturated carbocycles. The molecule has 0 atom stereocenters. The summed E-state index contributed by atoms with van der Waals surface area (Å²) in [5.41, 5.74) is 4.93. The number of piperazine rings is 1. The molecule has 5 rings (SSSR count). The second-order valence-electron chi connectivity index (χ2n) is 9.21. The zero-order valence-corrected chi connectivity index (χ0v) is 21.3. The first-order chi connectivity index (χ1) is 17.6. The maximum atomic E-state index is 13.4. The van der Waals surface area contributed by atoms with Gasteiger partial charge in [0.2, 0.25) is 5.91 Å². The summed E-state index contributed by atoms with van der Waals surface area (Å²) in [6.45, 7) is 6.52. The van der Waals surface area contributed by atoms with E-state index in [1.807, 2.05) is 54.3 Å². The van der Waals surface area contributed by atoms with Gasteiger partial charge in [-0.25, -0.2) is 4.98 Å². The van der Waals surface area contributed by atoms with Gasteiger partial charge in [0.05, 0.1) is 23.3 Å². The van der Waals surface area contributed by atoms with Crippen LogP contribution in [0.2, 0.25) is 0 Å². The topological polar surface area (TPSA) is 58.4 Å². The summed E-state index contributed by atoms with van der Waals surface area (Å²) < 4.78 is 1.77. The minimum Gasteiger partial charge on any atom is -0.339 e. The van der Waals surface area contributed by atoms with Gasteiger partial charge in [-0.2, -0.15) is 0 Å². The molecule has 0 unspecified atom stereocenters. The summed E-state index contributed by atoms with van der Waals surface area (Å²) in [4.78, 5) is 35.3. The van der Waals surface area contributed by atoms with E-state index in [1.54, 1.807) is 4.57 Å². The van der Waals surface area contributed by atoms with E-state index in [1.165, 1.54) is 22.9 Å². The first-order valence-electron chi connectivity index (χ1n) is 12.3. The molecule has 0 spiro atoms. The number of thioether (sulfide) groups is 1. The number of fused-ring (bicyclic) bond motifs is 1. The fourth-order valence-corrected chi connectivity index (χ4v) is 5.35. The number of carbonyl (C=O) groups excluding carboxylic acids is 1. The number of rotatable bonds is 7. The van der Waals surface area contributed by atoms with Crippen molar-refractivity contribution in [3.8, 4) is 0 Å². The zero-order valence-electron chi connectivity index (χ0n) is 20.5. The quantitative estimate of drug-likeness (QED) is 0.358. The molecule has 3 aromatic carbocycles. The molecule has 1 aliphatic rings. The minimum absolute atomic E-state index is 0.0544. The average Bonchev–Trinajstić information content (AvgIpc) is 2.91. The first kappa shape index (κ1) is 24.3. The van der Waals surface area contributed by atoms with Gasteiger partial charge >= 0.3 is 0 Å². The Labute approximate surface area is 215 Å². The number of benzene rings is 3. The summed E-state index contributed by atoms with van der Waals surface area (Å²) in [5, 5.41) is 0.372. The smallest absolute Gasteiger partial charge is 0.283 e. The highest BCUT2D eigenvalue weighted by molar-refractivity contribution is 7.99. The Morgan fingerprint density at radius 1 is 0.833 bits per heavy atom. The number of nitrogens with zero attached hydrogens (tertiary/aromatic N) is 4. The molecular weight excluding hydrogens is 468 g/mol. The molecule has 1 aliphatic heterocycles. The van der Waals surface area contributed by atoms with Crippen LogP contribution in [-0.2, 0) is 17.9 Å². The molecule has 0 N–H and O–H groups in total. The van der Waals surface area contributed by atoms with Crippen LogP contribution in [0.5, 0.6) is 0 Å². The molecule has 0 bridgehead atoms. The number of aromatic nitrogens is 2. The average molecular weight is 499 g/mol. The Kier molecular flexibility index (Phi) is 7.49. The van der Waals surface area contributed by atoms with Gasteiger partial charge in [0, 0.05) is 32.7 Å². The molecular formula is C29H30N4O2S. The Balaban J connectivity index is 1.25. The lowest BCUT2D eigenvalue weighted by Crippen LogP contribution is -2.48. The third kappa shape index (κ3) is 5.69. The van der Waals surface area contributed by atoms with Crippen LogP contribution in [0, 0.1) is 6.92 Å². The third-order valence-corrected chi connectivity index (χ3v) is 7.52. The lowest BCUT2D eigenvalue weighted by Gasteiger charge is -2.34. The van der Waals surface area contributed by atoms with Crippen molar-refractivity contribution in [1.82, 2.24) is 19.4 Å². The molecule has 7 heteroatoms. The fraction of sp³-hybridized carbons (Fsp3) is 0.276. The number of hydrogen-bond acceptors (Lipinski definition) is 5. The molecule has 1 saturated heterocycles. The molecule has 2 heterocycles. The van der Waals surface area contributed by atoms with Crippen molar-refractivity contribution >= 4 is 28.7 Å². The van der Waals surface area contributed by atoms with Crippen LogP contribution >= 0.6 is 11.8 Å². The van der Waals surface area contributed by atoms with Gasteiger partial charge in [0.1, 0.15) is 0 Å². The number of amides is 1. The maximum Gasteiger partial charge on any atom is 0.283 e. The number of aryl methyl sites for hydroxylation is 1. The highest BCUT2D eigenvalue weighted by atomic mass is 32.2. The highest BCUT2D eigenvalue weighted by Crippen LogP contribution is 2.19.